The van der Waals surface area contributed by atoms with Crippen LogP contribution in [0, 0.1) is 20.8 Å². The van der Waals surface area contributed by atoms with E-state index in [0.29, 0.717) is 6.54 Å². The summed E-state index contributed by atoms with van der Waals surface area (Å²) in [5, 5.41) is 4.06. The van der Waals surface area contributed by atoms with Gasteiger partial charge in [0.2, 0.25) is 0 Å². The normalized spacial score (nSPS) is 10.8. The van der Waals surface area contributed by atoms with Gasteiger partial charge in [0.05, 0.1) is 12.8 Å². The predicted molar refractivity (Wildman–Crippen MR) is 75.5 cm³/mol. The molecule has 4 heteroatoms. The number of hydrogen-bond acceptors (Lipinski definition) is 4. The molecule has 0 amide bonds. The Bertz CT molecular complexity index is 588. The lowest BCUT2D eigenvalue weighted by Gasteiger charge is -2.10. The number of ether oxygens (including phenoxy) is 1. The summed E-state index contributed by atoms with van der Waals surface area (Å²) < 4.78 is 10.8. The number of nitrogens with two attached hydrogens (primary N) is 1. The fourth-order valence-electron chi connectivity index (χ4n) is 2.29. The monoisotopic (exact) mass is 260 g/mol. The third-order valence-corrected chi connectivity index (χ3v) is 3.37. The molecule has 19 heavy (non-hydrogen) atoms. The Kier molecular flexibility index (Phi) is 3.90. The lowest BCUT2D eigenvalue weighted by molar-refractivity contribution is 0.410. The van der Waals surface area contributed by atoms with Gasteiger partial charge < -0.3 is 15.0 Å². The van der Waals surface area contributed by atoms with Crippen molar-refractivity contribution in [2.24, 2.45) is 5.73 Å². The summed E-state index contributed by atoms with van der Waals surface area (Å²) >= 11 is 0. The van der Waals surface area contributed by atoms with Gasteiger partial charge in [0.15, 0.2) is 5.76 Å². The fraction of sp³-hybridized carbons (Fsp3) is 0.400. The van der Waals surface area contributed by atoms with Crippen LogP contribution in [0.4, 0.5) is 0 Å². The number of hydrogen-bond donors (Lipinski definition) is 1. The highest BCUT2D eigenvalue weighted by Gasteiger charge is 2.17. The average molecular weight is 260 g/mol. The molecular formula is C15H20N2O2. The standard InChI is InChI=1S/C15H20N2O2/c1-9-8-14(18-4)10(2)7-13(9)15-12(5-6-16)11(3)17-19-15/h7-8H,5-6,16H2,1-4H3. The van der Waals surface area contributed by atoms with E-state index in [1.165, 1.54) is 0 Å². The van der Waals surface area contributed by atoms with Gasteiger partial charge in [-0.3, -0.25) is 0 Å². The molecule has 0 aliphatic rings. The molecule has 0 radical (unpaired) electrons. The van der Waals surface area contributed by atoms with Crippen LogP contribution in [0.1, 0.15) is 22.4 Å². The van der Waals surface area contributed by atoms with Gasteiger partial charge in [0.1, 0.15) is 5.75 Å². The van der Waals surface area contributed by atoms with Gasteiger partial charge in [0.25, 0.3) is 0 Å². The van der Waals surface area contributed by atoms with Gasteiger partial charge in [-0.2, -0.15) is 0 Å². The molecule has 102 valence electrons. The van der Waals surface area contributed by atoms with Crippen LogP contribution in [-0.2, 0) is 6.42 Å². The fourth-order valence-corrected chi connectivity index (χ4v) is 2.29. The van der Waals surface area contributed by atoms with E-state index in [2.05, 4.69) is 11.2 Å². The van der Waals surface area contributed by atoms with Crippen LogP contribution in [0.5, 0.6) is 5.75 Å². The van der Waals surface area contributed by atoms with Crippen LogP contribution in [0.15, 0.2) is 16.7 Å². The van der Waals surface area contributed by atoms with Gasteiger partial charge in [-0.15, -0.1) is 0 Å². The van der Waals surface area contributed by atoms with Gasteiger partial charge in [0, 0.05) is 11.1 Å². The molecule has 1 heterocycles. The molecule has 2 aromatic rings. The molecule has 0 saturated carbocycles. The first-order chi connectivity index (χ1) is 9.08. The molecular weight excluding hydrogens is 240 g/mol. The minimum atomic E-state index is 0.587. The summed E-state index contributed by atoms with van der Waals surface area (Å²) in [7, 11) is 1.68. The van der Waals surface area contributed by atoms with Crippen molar-refractivity contribution in [1.82, 2.24) is 5.16 Å². The van der Waals surface area contributed by atoms with E-state index >= 15 is 0 Å². The van der Waals surface area contributed by atoms with E-state index in [4.69, 9.17) is 15.0 Å². The van der Waals surface area contributed by atoms with Crippen molar-refractivity contribution in [3.8, 4) is 17.1 Å². The average Bonchev–Trinajstić information content (AvgIpc) is 2.74. The molecule has 0 fully saturated rings. The SMILES string of the molecule is COc1cc(C)c(-c2onc(C)c2CCN)cc1C. The van der Waals surface area contributed by atoms with E-state index in [0.717, 1.165) is 45.9 Å². The lowest BCUT2D eigenvalue weighted by atomic mass is 9.98. The van der Waals surface area contributed by atoms with Crippen molar-refractivity contribution < 1.29 is 9.26 Å². The van der Waals surface area contributed by atoms with E-state index < -0.39 is 0 Å². The van der Waals surface area contributed by atoms with Crippen molar-refractivity contribution in [3.05, 3.63) is 34.5 Å². The van der Waals surface area contributed by atoms with Crippen molar-refractivity contribution >= 4 is 0 Å². The van der Waals surface area contributed by atoms with E-state index in [-0.39, 0.29) is 0 Å². The van der Waals surface area contributed by atoms with Gasteiger partial charge in [-0.25, -0.2) is 0 Å². The predicted octanol–water partition coefficient (Wildman–Crippen LogP) is 2.78. The number of aryl methyl sites for hydroxylation is 3. The van der Waals surface area contributed by atoms with Gasteiger partial charge in [-0.1, -0.05) is 5.16 Å². The number of aromatic nitrogens is 1. The Morgan fingerprint density at radius 1 is 1.21 bits per heavy atom. The number of methoxy groups -OCH3 is 1. The zero-order valence-corrected chi connectivity index (χ0v) is 11.9. The van der Waals surface area contributed by atoms with Crippen LogP contribution >= 0.6 is 0 Å². The number of benzene rings is 1. The smallest absolute Gasteiger partial charge is 0.170 e. The summed E-state index contributed by atoms with van der Waals surface area (Å²) in [4.78, 5) is 0. The molecule has 0 atom stereocenters. The first-order valence-electron chi connectivity index (χ1n) is 6.39. The molecule has 1 aromatic carbocycles. The lowest BCUT2D eigenvalue weighted by Crippen LogP contribution is -2.04. The second-order valence-corrected chi connectivity index (χ2v) is 4.75. The molecule has 2 rings (SSSR count). The first-order valence-corrected chi connectivity index (χ1v) is 6.39. The van der Waals surface area contributed by atoms with Crippen molar-refractivity contribution in [2.75, 3.05) is 13.7 Å². The van der Waals surface area contributed by atoms with Crippen molar-refractivity contribution in [1.29, 1.82) is 0 Å². The van der Waals surface area contributed by atoms with Crippen molar-refractivity contribution in [2.45, 2.75) is 27.2 Å². The maximum Gasteiger partial charge on any atom is 0.170 e. The largest absolute Gasteiger partial charge is 0.496 e. The highest BCUT2D eigenvalue weighted by Crippen LogP contribution is 2.33. The minimum absolute atomic E-state index is 0.587. The molecule has 0 saturated heterocycles. The minimum Gasteiger partial charge on any atom is -0.496 e. The summed E-state index contributed by atoms with van der Waals surface area (Å²) in [6, 6.07) is 4.10. The summed E-state index contributed by atoms with van der Waals surface area (Å²) in [5.41, 5.74) is 10.9. The Labute approximate surface area is 113 Å². The van der Waals surface area contributed by atoms with Crippen LogP contribution in [-0.4, -0.2) is 18.8 Å². The molecule has 0 aliphatic carbocycles. The van der Waals surface area contributed by atoms with E-state index in [9.17, 15) is 0 Å². The molecule has 2 N–H and O–H groups in total. The van der Waals surface area contributed by atoms with E-state index in [1.54, 1.807) is 7.11 Å². The second kappa shape index (κ2) is 5.45. The zero-order valence-electron chi connectivity index (χ0n) is 11.9. The molecule has 0 bridgehead atoms. The summed E-state index contributed by atoms with van der Waals surface area (Å²) in [6.45, 7) is 6.60. The molecule has 1 aromatic heterocycles. The topological polar surface area (TPSA) is 61.3 Å². The maximum absolute atomic E-state index is 5.66. The van der Waals surface area contributed by atoms with Crippen LogP contribution in [0.3, 0.4) is 0 Å². The second-order valence-electron chi connectivity index (χ2n) is 4.75. The third kappa shape index (κ3) is 2.49. The molecule has 4 nitrogen and oxygen atoms in total. The highest BCUT2D eigenvalue weighted by molar-refractivity contribution is 5.68. The maximum atomic E-state index is 5.66. The summed E-state index contributed by atoms with van der Waals surface area (Å²) in [5.74, 6) is 1.71. The Morgan fingerprint density at radius 2 is 1.95 bits per heavy atom. The quantitative estimate of drug-likeness (QED) is 0.918. The van der Waals surface area contributed by atoms with Gasteiger partial charge >= 0.3 is 0 Å². The van der Waals surface area contributed by atoms with Crippen LogP contribution < -0.4 is 10.5 Å². The number of nitrogens with zero attached hydrogens (tertiary/aromatic N) is 1. The Morgan fingerprint density at radius 3 is 2.58 bits per heavy atom. The highest BCUT2D eigenvalue weighted by atomic mass is 16.5. The van der Waals surface area contributed by atoms with Crippen LogP contribution in [0.25, 0.3) is 11.3 Å². The number of rotatable bonds is 4. The Balaban J connectivity index is 2.56. The summed E-state index contributed by atoms with van der Waals surface area (Å²) in [6.07, 6.45) is 0.773. The van der Waals surface area contributed by atoms with E-state index in [1.807, 2.05) is 26.8 Å². The molecule has 0 aliphatic heterocycles. The first kappa shape index (κ1) is 13.6. The Hall–Kier alpha value is -1.81. The van der Waals surface area contributed by atoms with Gasteiger partial charge in [-0.05, 0) is 57.0 Å². The third-order valence-electron chi connectivity index (χ3n) is 3.37. The van der Waals surface area contributed by atoms with Crippen molar-refractivity contribution in [3.63, 3.8) is 0 Å². The molecule has 0 unspecified atom stereocenters. The zero-order chi connectivity index (χ0) is 14.0. The molecule has 0 spiro atoms. The van der Waals surface area contributed by atoms with Crippen LogP contribution in [0.2, 0.25) is 0 Å².